The second-order valence-electron chi connectivity index (χ2n) is 6.19. The molecule has 0 aliphatic carbocycles. The standard InChI is InChI=1S/C22H17BBrN/c24-22-15-17-9-7-8-14-20(17)21(25-22)16-23(18-10-3-1-4-11-18)19-12-5-2-6-13-19/h1-15H,16H2. The summed E-state index contributed by atoms with van der Waals surface area (Å²) in [5.74, 6) is 0. The van der Waals surface area contributed by atoms with Gasteiger partial charge in [-0.1, -0.05) is 95.9 Å². The largest absolute Gasteiger partial charge is 0.246 e. The summed E-state index contributed by atoms with van der Waals surface area (Å²) in [5.41, 5.74) is 3.77. The molecule has 0 N–H and O–H groups in total. The molecule has 3 heteroatoms. The quantitative estimate of drug-likeness (QED) is 0.375. The van der Waals surface area contributed by atoms with Crippen molar-refractivity contribution in [3.8, 4) is 0 Å². The molecule has 0 amide bonds. The van der Waals surface area contributed by atoms with Crippen molar-refractivity contribution in [1.82, 2.24) is 4.98 Å². The van der Waals surface area contributed by atoms with E-state index in [0.717, 1.165) is 16.6 Å². The van der Waals surface area contributed by atoms with Crippen molar-refractivity contribution in [3.05, 3.63) is 101 Å². The van der Waals surface area contributed by atoms with Crippen molar-refractivity contribution in [1.29, 1.82) is 0 Å². The Morgan fingerprint density at radius 2 is 1.28 bits per heavy atom. The molecule has 1 nitrogen and oxygen atoms in total. The highest BCUT2D eigenvalue weighted by Gasteiger charge is 2.21. The Bertz CT molecular complexity index is 947. The molecule has 0 saturated heterocycles. The molecule has 0 fully saturated rings. The van der Waals surface area contributed by atoms with Gasteiger partial charge in [0.25, 0.3) is 0 Å². The molecule has 0 aliphatic rings. The number of rotatable bonds is 4. The smallest absolute Gasteiger partial charge is 0.215 e. The molecule has 0 aliphatic heterocycles. The molecule has 0 atom stereocenters. The van der Waals surface area contributed by atoms with Crippen LogP contribution in [0.25, 0.3) is 10.8 Å². The monoisotopic (exact) mass is 385 g/mol. The first-order valence-electron chi connectivity index (χ1n) is 8.45. The van der Waals surface area contributed by atoms with E-state index in [4.69, 9.17) is 4.98 Å². The number of benzene rings is 3. The minimum Gasteiger partial charge on any atom is -0.246 e. The van der Waals surface area contributed by atoms with Crippen LogP contribution in [0.1, 0.15) is 5.69 Å². The summed E-state index contributed by atoms with van der Waals surface area (Å²) in [6.07, 6.45) is 0.869. The van der Waals surface area contributed by atoms with Gasteiger partial charge in [0, 0.05) is 11.1 Å². The summed E-state index contributed by atoms with van der Waals surface area (Å²) < 4.78 is 0.890. The summed E-state index contributed by atoms with van der Waals surface area (Å²) in [5, 5.41) is 2.45. The lowest BCUT2D eigenvalue weighted by molar-refractivity contribution is 1.16. The second-order valence-corrected chi connectivity index (χ2v) is 7.00. The van der Waals surface area contributed by atoms with Crippen LogP contribution in [0.2, 0.25) is 0 Å². The zero-order chi connectivity index (χ0) is 17.1. The maximum atomic E-state index is 4.81. The molecule has 4 aromatic rings. The van der Waals surface area contributed by atoms with Crippen LogP contribution in [0.5, 0.6) is 0 Å². The van der Waals surface area contributed by atoms with Gasteiger partial charge in [0.2, 0.25) is 6.71 Å². The van der Waals surface area contributed by atoms with E-state index in [-0.39, 0.29) is 6.71 Å². The first-order chi connectivity index (χ1) is 12.3. The van der Waals surface area contributed by atoms with Crippen LogP contribution in [0, 0.1) is 0 Å². The molecule has 3 aromatic carbocycles. The van der Waals surface area contributed by atoms with Crippen molar-refractivity contribution >= 4 is 44.3 Å². The average Bonchev–Trinajstić information content (AvgIpc) is 2.67. The Morgan fingerprint density at radius 3 is 1.92 bits per heavy atom. The predicted molar refractivity (Wildman–Crippen MR) is 111 cm³/mol. The first kappa shape index (κ1) is 16.1. The molecule has 0 spiro atoms. The third-order valence-electron chi connectivity index (χ3n) is 4.59. The van der Waals surface area contributed by atoms with E-state index in [1.54, 1.807) is 0 Å². The van der Waals surface area contributed by atoms with E-state index in [1.807, 2.05) is 0 Å². The van der Waals surface area contributed by atoms with Crippen LogP contribution in [0.15, 0.2) is 95.6 Å². The van der Waals surface area contributed by atoms with E-state index in [9.17, 15) is 0 Å². The van der Waals surface area contributed by atoms with Gasteiger partial charge in [-0.25, -0.2) is 4.98 Å². The molecule has 25 heavy (non-hydrogen) atoms. The third kappa shape index (κ3) is 3.52. The van der Waals surface area contributed by atoms with E-state index in [2.05, 4.69) is 107 Å². The molecule has 0 saturated carbocycles. The predicted octanol–water partition coefficient (Wildman–Crippen LogP) is 4.39. The number of fused-ring (bicyclic) bond motifs is 1. The Morgan fingerprint density at radius 1 is 0.720 bits per heavy atom. The fourth-order valence-corrected chi connectivity index (χ4v) is 3.84. The lowest BCUT2D eigenvalue weighted by atomic mass is 9.38. The van der Waals surface area contributed by atoms with E-state index in [1.165, 1.54) is 21.7 Å². The van der Waals surface area contributed by atoms with Gasteiger partial charge in [-0.3, -0.25) is 0 Å². The van der Waals surface area contributed by atoms with Crippen molar-refractivity contribution in [2.75, 3.05) is 0 Å². The Balaban J connectivity index is 1.83. The molecule has 4 rings (SSSR count). The van der Waals surface area contributed by atoms with Gasteiger partial charge in [0.1, 0.15) is 4.60 Å². The van der Waals surface area contributed by atoms with Gasteiger partial charge in [-0.15, -0.1) is 0 Å². The third-order valence-corrected chi connectivity index (χ3v) is 5.00. The normalized spacial score (nSPS) is 10.8. The highest BCUT2D eigenvalue weighted by Crippen LogP contribution is 2.22. The number of halogens is 1. The Labute approximate surface area is 157 Å². The van der Waals surface area contributed by atoms with Gasteiger partial charge in [0.15, 0.2) is 0 Å². The van der Waals surface area contributed by atoms with Gasteiger partial charge in [0.05, 0.1) is 0 Å². The number of hydrogen-bond donors (Lipinski definition) is 0. The highest BCUT2D eigenvalue weighted by atomic mass is 79.9. The molecule has 1 heterocycles. The zero-order valence-electron chi connectivity index (χ0n) is 13.8. The maximum Gasteiger partial charge on any atom is 0.215 e. The average molecular weight is 386 g/mol. The second kappa shape index (κ2) is 7.24. The van der Waals surface area contributed by atoms with Gasteiger partial charge in [-0.2, -0.15) is 0 Å². The highest BCUT2D eigenvalue weighted by molar-refractivity contribution is 9.10. The SMILES string of the molecule is Brc1cc2ccccc2c(CB(c2ccccc2)c2ccccc2)n1. The molecule has 0 bridgehead atoms. The van der Waals surface area contributed by atoms with E-state index in [0.29, 0.717) is 0 Å². The number of nitrogens with zero attached hydrogens (tertiary/aromatic N) is 1. The fraction of sp³-hybridized carbons (Fsp3) is 0.0455. The Kier molecular flexibility index (Phi) is 4.66. The first-order valence-corrected chi connectivity index (χ1v) is 9.24. The van der Waals surface area contributed by atoms with Crippen molar-refractivity contribution in [2.45, 2.75) is 6.32 Å². The lowest BCUT2D eigenvalue weighted by Gasteiger charge is -2.16. The summed E-state index contributed by atoms with van der Waals surface area (Å²) in [4.78, 5) is 4.81. The van der Waals surface area contributed by atoms with Crippen LogP contribution in [-0.4, -0.2) is 11.7 Å². The number of aromatic nitrogens is 1. The van der Waals surface area contributed by atoms with Crippen LogP contribution >= 0.6 is 15.9 Å². The summed E-state index contributed by atoms with van der Waals surface area (Å²) in [6.45, 7) is 0.285. The lowest BCUT2D eigenvalue weighted by Crippen LogP contribution is -2.44. The molecule has 0 unspecified atom stereocenters. The maximum absolute atomic E-state index is 4.81. The van der Waals surface area contributed by atoms with Crippen molar-refractivity contribution in [3.63, 3.8) is 0 Å². The van der Waals surface area contributed by atoms with Gasteiger partial charge < -0.3 is 0 Å². The Hall–Kier alpha value is -2.39. The topological polar surface area (TPSA) is 12.9 Å². The van der Waals surface area contributed by atoms with Crippen molar-refractivity contribution in [2.24, 2.45) is 0 Å². The summed E-state index contributed by atoms with van der Waals surface area (Å²) in [6, 6.07) is 31.9. The van der Waals surface area contributed by atoms with Crippen LogP contribution in [-0.2, 0) is 6.32 Å². The van der Waals surface area contributed by atoms with Crippen molar-refractivity contribution < 1.29 is 0 Å². The van der Waals surface area contributed by atoms with Gasteiger partial charge >= 0.3 is 0 Å². The summed E-state index contributed by atoms with van der Waals surface area (Å²) in [7, 11) is 0. The van der Waals surface area contributed by atoms with Crippen LogP contribution < -0.4 is 10.9 Å². The number of hydrogen-bond acceptors (Lipinski definition) is 1. The van der Waals surface area contributed by atoms with E-state index < -0.39 is 0 Å². The number of pyridine rings is 1. The van der Waals surface area contributed by atoms with Gasteiger partial charge in [-0.05, 0) is 33.7 Å². The zero-order valence-corrected chi connectivity index (χ0v) is 15.4. The molecular weight excluding hydrogens is 369 g/mol. The minimum atomic E-state index is 0.285. The molecule has 0 radical (unpaired) electrons. The molecule has 120 valence electrons. The minimum absolute atomic E-state index is 0.285. The summed E-state index contributed by atoms with van der Waals surface area (Å²) >= 11 is 3.57. The van der Waals surface area contributed by atoms with E-state index >= 15 is 0 Å². The molecule has 1 aromatic heterocycles. The van der Waals surface area contributed by atoms with Crippen LogP contribution in [0.3, 0.4) is 0 Å². The fourth-order valence-electron chi connectivity index (χ4n) is 3.38. The van der Waals surface area contributed by atoms with Crippen LogP contribution in [0.4, 0.5) is 0 Å². The molecular formula is C22H17BBrN.